The van der Waals surface area contributed by atoms with Gasteiger partial charge in [0.1, 0.15) is 0 Å². The van der Waals surface area contributed by atoms with Crippen LogP contribution in [0.15, 0.2) is 76.7 Å². The maximum atomic E-state index is 13.4. The van der Waals surface area contributed by atoms with Crippen LogP contribution in [0.2, 0.25) is 5.02 Å². The van der Waals surface area contributed by atoms with Crippen LogP contribution in [0.4, 0.5) is 0 Å². The van der Waals surface area contributed by atoms with Gasteiger partial charge in [0.25, 0.3) is 5.56 Å². The molecule has 6 heteroatoms. The summed E-state index contributed by atoms with van der Waals surface area (Å²) >= 11 is 7.44. The van der Waals surface area contributed by atoms with Crippen LogP contribution >= 0.6 is 23.4 Å². The molecule has 0 saturated heterocycles. The molecular weight excluding hydrogens is 440 g/mol. The summed E-state index contributed by atoms with van der Waals surface area (Å²) in [6.45, 7) is 6.24. The number of hydrogen-bond donors (Lipinski definition) is 0. The Morgan fingerprint density at radius 1 is 1.03 bits per heavy atom. The Kier molecular flexibility index (Phi) is 6.49. The maximum absolute atomic E-state index is 13.4. The van der Waals surface area contributed by atoms with Crippen molar-refractivity contribution < 1.29 is 4.79 Å². The largest absolute Gasteiger partial charge is 0.293 e. The van der Waals surface area contributed by atoms with Crippen molar-refractivity contribution in [3.63, 3.8) is 0 Å². The van der Waals surface area contributed by atoms with Gasteiger partial charge in [-0.2, -0.15) is 0 Å². The van der Waals surface area contributed by atoms with E-state index in [0.717, 1.165) is 16.7 Å². The van der Waals surface area contributed by atoms with E-state index < -0.39 is 5.25 Å². The molecule has 162 valence electrons. The monoisotopic (exact) mass is 462 g/mol. The molecule has 0 N–H and O–H groups in total. The highest BCUT2D eigenvalue weighted by atomic mass is 35.5. The van der Waals surface area contributed by atoms with Crippen LogP contribution in [0.1, 0.15) is 34.0 Å². The number of thioether (sulfide) groups is 1. The molecule has 0 aliphatic rings. The Labute approximate surface area is 196 Å². The van der Waals surface area contributed by atoms with Crippen molar-refractivity contribution in [3.8, 4) is 0 Å². The van der Waals surface area contributed by atoms with Crippen LogP contribution in [0.5, 0.6) is 0 Å². The summed E-state index contributed by atoms with van der Waals surface area (Å²) in [6, 6.07) is 20.6. The lowest BCUT2D eigenvalue weighted by Crippen LogP contribution is -2.25. The Balaban J connectivity index is 1.75. The second kappa shape index (κ2) is 9.31. The van der Waals surface area contributed by atoms with Crippen LogP contribution in [-0.4, -0.2) is 20.6 Å². The summed E-state index contributed by atoms with van der Waals surface area (Å²) in [5.41, 5.74) is 4.25. The van der Waals surface area contributed by atoms with E-state index in [1.54, 1.807) is 22.8 Å². The fourth-order valence-corrected chi connectivity index (χ4v) is 4.66. The third-order valence-electron chi connectivity index (χ3n) is 5.51. The van der Waals surface area contributed by atoms with E-state index in [4.69, 9.17) is 16.6 Å². The van der Waals surface area contributed by atoms with Gasteiger partial charge in [-0.1, -0.05) is 65.8 Å². The molecule has 0 spiro atoms. The molecule has 0 fully saturated rings. The first-order chi connectivity index (χ1) is 15.3. The normalized spacial score (nSPS) is 12.1. The zero-order chi connectivity index (χ0) is 22.8. The van der Waals surface area contributed by atoms with Crippen molar-refractivity contribution in [2.75, 3.05) is 0 Å². The fourth-order valence-electron chi connectivity index (χ4n) is 3.51. The summed E-state index contributed by atoms with van der Waals surface area (Å²) in [6.07, 6.45) is 0. The SMILES string of the molecule is Cc1ccc(C(=O)[C@@H](C)Sc2nc3cc(Cl)ccc3c(=O)n2Cc2ccccc2)cc1C. The van der Waals surface area contributed by atoms with Crippen LogP contribution in [0.25, 0.3) is 10.9 Å². The van der Waals surface area contributed by atoms with E-state index in [0.29, 0.717) is 33.2 Å². The molecule has 0 bridgehead atoms. The highest BCUT2D eigenvalue weighted by molar-refractivity contribution is 8.00. The quantitative estimate of drug-likeness (QED) is 0.198. The molecule has 0 saturated carbocycles. The highest BCUT2D eigenvalue weighted by Gasteiger charge is 2.21. The van der Waals surface area contributed by atoms with Crippen molar-refractivity contribution >= 4 is 40.0 Å². The minimum atomic E-state index is -0.414. The molecule has 32 heavy (non-hydrogen) atoms. The molecule has 1 heterocycles. The molecule has 4 rings (SSSR count). The summed E-state index contributed by atoms with van der Waals surface area (Å²) in [4.78, 5) is 31.2. The fraction of sp³-hybridized carbons (Fsp3) is 0.192. The Morgan fingerprint density at radius 3 is 2.50 bits per heavy atom. The number of nitrogens with zero attached hydrogens (tertiary/aromatic N) is 2. The molecule has 1 atom stereocenters. The van der Waals surface area contributed by atoms with Gasteiger partial charge in [0.2, 0.25) is 0 Å². The third kappa shape index (κ3) is 4.64. The zero-order valence-electron chi connectivity index (χ0n) is 18.1. The summed E-state index contributed by atoms with van der Waals surface area (Å²) < 4.78 is 1.64. The van der Waals surface area contributed by atoms with Gasteiger partial charge in [0.05, 0.1) is 22.7 Å². The number of benzene rings is 3. The van der Waals surface area contributed by atoms with Crippen LogP contribution < -0.4 is 5.56 Å². The molecule has 0 aliphatic heterocycles. The van der Waals surface area contributed by atoms with Gasteiger partial charge in [-0.05, 0) is 61.7 Å². The van der Waals surface area contributed by atoms with E-state index in [-0.39, 0.29) is 11.3 Å². The van der Waals surface area contributed by atoms with E-state index >= 15 is 0 Å². The molecular formula is C26H23ClN2O2S. The summed E-state index contributed by atoms with van der Waals surface area (Å²) in [7, 11) is 0. The first-order valence-corrected chi connectivity index (χ1v) is 11.6. The Hall–Kier alpha value is -2.89. The number of halogens is 1. The lowest BCUT2D eigenvalue weighted by atomic mass is 10.0. The molecule has 0 aliphatic carbocycles. The maximum Gasteiger partial charge on any atom is 0.262 e. The van der Waals surface area contributed by atoms with Gasteiger partial charge in [-0.15, -0.1) is 0 Å². The van der Waals surface area contributed by atoms with Crippen molar-refractivity contribution in [1.29, 1.82) is 0 Å². The molecule has 0 radical (unpaired) electrons. The number of ketones is 1. The third-order valence-corrected chi connectivity index (χ3v) is 6.83. The average molecular weight is 463 g/mol. The summed E-state index contributed by atoms with van der Waals surface area (Å²) in [5.74, 6) is 0.00445. The van der Waals surface area contributed by atoms with Gasteiger partial charge < -0.3 is 0 Å². The van der Waals surface area contributed by atoms with Crippen molar-refractivity contribution in [2.24, 2.45) is 0 Å². The lowest BCUT2D eigenvalue weighted by Gasteiger charge is -2.16. The number of aryl methyl sites for hydroxylation is 2. The van der Waals surface area contributed by atoms with E-state index in [1.165, 1.54) is 11.8 Å². The number of hydrogen-bond acceptors (Lipinski definition) is 4. The zero-order valence-corrected chi connectivity index (χ0v) is 19.7. The van der Waals surface area contributed by atoms with E-state index in [1.807, 2.05) is 69.3 Å². The standard InChI is InChI=1S/C26H23ClN2O2S/c1-16-9-10-20(13-17(16)2)24(30)18(3)32-26-28-23-14-21(27)11-12-22(23)25(31)29(26)15-19-7-5-4-6-8-19/h4-14,18H,15H2,1-3H3/t18-/m1/s1. The van der Waals surface area contributed by atoms with Gasteiger partial charge >= 0.3 is 0 Å². The van der Waals surface area contributed by atoms with E-state index in [2.05, 4.69) is 0 Å². The number of aromatic nitrogens is 2. The van der Waals surface area contributed by atoms with E-state index in [9.17, 15) is 9.59 Å². The Bertz CT molecular complexity index is 1370. The molecule has 0 amide bonds. The molecule has 4 nitrogen and oxygen atoms in total. The highest BCUT2D eigenvalue weighted by Crippen LogP contribution is 2.27. The molecule has 3 aromatic carbocycles. The van der Waals surface area contributed by atoms with Crippen molar-refractivity contribution in [2.45, 2.75) is 37.7 Å². The second-order valence-corrected chi connectivity index (χ2v) is 9.60. The van der Waals surface area contributed by atoms with Gasteiger partial charge in [-0.3, -0.25) is 14.2 Å². The second-order valence-electron chi connectivity index (χ2n) is 7.86. The number of Topliss-reactive ketones (excluding diaryl/α,β-unsaturated/α-hetero) is 1. The first kappa shape index (κ1) is 22.3. The predicted octanol–water partition coefficient (Wildman–Crippen LogP) is 6.08. The molecule has 4 aromatic rings. The molecule has 1 aromatic heterocycles. The number of carbonyl (C=O) groups excluding carboxylic acids is 1. The summed E-state index contributed by atoms with van der Waals surface area (Å²) in [5, 5.41) is 1.10. The van der Waals surface area contributed by atoms with Crippen molar-refractivity contribution in [3.05, 3.63) is 104 Å². The Morgan fingerprint density at radius 2 is 1.78 bits per heavy atom. The number of fused-ring (bicyclic) bond motifs is 1. The average Bonchev–Trinajstić information content (AvgIpc) is 2.78. The lowest BCUT2D eigenvalue weighted by molar-refractivity contribution is 0.0993. The van der Waals surface area contributed by atoms with Crippen molar-refractivity contribution in [1.82, 2.24) is 9.55 Å². The van der Waals surface area contributed by atoms with Crippen LogP contribution in [0, 0.1) is 13.8 Å². The van der Waals surface area contributed by atoms with Gasteiger partial charge in [0.15, 0.2) is 10.9 Å². The number of rotatable bonds is 6. The number of carbonyl (C=O) groups is 1. The molecule has 0 unspecified atom stereocenters. The predicted molar refractivity (Wildman–Crippen MR) is 132 cm³/mol. The van der Waals surface area contributed by atoms with Crippen LogP contribution in [0.3, 0.4) is 0 Å². The minimum absolute atomic E-state index is 0.00445. The van der Waals surface area contributed by atoms with Gasteiger partial charge in [-0.25, -0.2) is 4.98 Å². The van der Waals surface area contributed by atoms with Gasteiger partial charge in [0, 0.05) is 10.6 Å². The first-order valence-electron chi connectivity index (χ1n) is 10.4. The minimum Gasteiger partial charge on any atom is -0.293 e. The van der Waals surface area contributed by atoms with Crippen LogP contribution in [-0.2, 0) is 6.54 Å². The smallest absolute Gasteiger partial charge is 0.262 e. The topological polar surface area (TPSA) is 52.0 Å².